The summed E-state index contributed by atoms with van der Waals surface area (Å²) in [6.45, 7) is 4.54. The van der Waals surface area contributed by atoms with Crippen LogP contribution in [0.1, 0.15) is 11.1 Å². The summed E-state index contributed by atoms with van der Waals surface area (Å²) in [6, 6.07) is 70.8. The van der Waals surface area contributed by atoms with Crippen LogP contribution in [0.2, 0.25) is 0 Å². The molecule has 0 aliphatic carbocycles. The molecule has 3 heteroatoms. The summed E-state index contributed by atoms with van der Waals surface area (Å²) in [5.74, 6) is 0. The average molecular weight is 749 g/mol. The Kier molecular flexibility index (Phi) is 6.70. The zero-order valence-electron chi connectivity index (χ0n) is 32.9. The molecule has 59 heavy (non-hydrogen) atoms. The number of hydrogen-bond donors (Lipinski definition) is 0. The fourth-order valence-electron chi connectivity index (χ4n) is 10.8. The van der Waals surface area contributed by atoms with Crippen LogP contribution in [0.4, 0.5) is 34.1 Å². The molecule has 2 heterocycles. The Bertz CT molecular complexity index is 3320. The maximum atomic E-state index is 2.53. The van der Waals surface area contributed by atoms with Gasteiger partial charge in [0.15, 0.2) is 0 Å². The lowest BCUT2D eigenvalue weighted by molar-refractivity contribution is 1.25. The normalized spacial score (nSPS) is 13.2. The van der Waals surface area contributed by atoms with Gasteiger partial charge >= 0.3 is 0 Å². The number of hydrogen-bond acceptors (Lipinski definition) is 2. The molecule has 0 bridgehead atoms. The van der Waals surface area contributed by atoms with Crippen LogP contribution in [-0.4, -0.2) is 6.71 Å². The Balaban J connectivity index is 1.09. The van der Waals surface area contributed by atoms with Crippen LogP contribution in [0.15, 0.2) is 188 Å². The third-order valence-corrected chi connectivity index (χ3v) is 13.3. The van der Waals surface area contributed by atoms with Crippen molar-refractivity contribution in [3.05, 3.63) is 199 Å². The molecule has 0 radical (unpaired) electrons. The molecule has 2 aliphatic rings. The Labute approximate surface area is 343 Å². The second-order valence-electron chi connectivity index (χ2n) is 16.6. The molecule has 0 spiro atoms. The first-order valence-electron chi connectivity index (χ1n) is 20.7. The van der Waals surface area contributed by atoms with E-state index in [9.17, 15) is 0 Å². The van der Waals surface area contributed by atoms with Crippen molar-refractivity contribution in [2.24, 2.45) is 0 Å². The third kappa shape index (κ3) is 4.53. The van der Waals surface area contributed by atoms with Gasteiger partial charge in [-0.1, -0.05) is 151 Å². The van der Waals surface area contributed by atoms with E-state index in [1.165, 1.54) is 126 Å². The quantitative estimate of drug-likeness (QED) is 0.128. The highest BCUT2D eigenvalue weighted by atomic mass is 15.2. The van der Waals surface area contributed by atoms with E-state index in [2.05, 4.69) is 212 Å². The molecule has 0 amide bonds. The van der Waals surface area contributed by atoms with Crippen LogP contribution >= 0.6 is 0 Å². The lowest BCUT2D eigenvalue weighted by atomic mass is 9.33. The van der Waals surface area contributed by atoms with E-state index in [1.54, 1.807) is 0 Å². The molecule has 11 aromatic carbocycles. The van der Waals surface area contributed by atoms with Gasteiger partial charge in [0, 0.05) is 34.1 Å². The number of nitrogens with zero attached hydrogens (tertiary/aromatic N) is 2. The van der Waals surface area contributed by atoms with E-state index >= 15 is 0 Å². The largest absolute Gasteiger partial charge is 0.311 e. The third-order valence-electron chi connectivity index (χ3n) is 13.3. The van der Waals surface area contributed by atoms with Crippen LogP contribution in [0.3, 0.4) is 0 Å². The van der Waals surface area contributed by atoms with E-state index in [-0.39, 0.29) is 6.71 Å². The van der Waals surface area contributed by atoms with Gasteiger partial charge in [-0.3, -0.25) is 0 Å². The first kappa shape index (κ1) is 32.7. The van der Waals surface area contributed by atoms with Crippen molar-refractivity contribution < 1.29 is 0 Å². The van der Waals surface area contributed by atoms with Gasteiger partial charge in [0.2, 0.25) is 0 Å². The van der Waals surface area contributed by atoms with Gasteiger partial charge in [0.25, 0.3) is 6.71 Å². The minimum Gasteiger partial charge on any atom is -0.311 e. The average Bonchev–Trinajstić information content (AvgIpc) is 3.29. The summed E-state index contributed by atoms with van der Waals surface area (Å²) < 4.78 is 0. The minimum atomic E-state index is 0.0777. The molecule has 0 fully saturated rings. The number of rotatable bonds is 2. The molecule has 274 valence electrons. The molecule has 0 aromatic heterocycles. The highest BCUT2D eigenvalue weighted by Crippen LogP contribution is 2.47. The van der Waals surface area contributed by atoms with E-state index in [0.717, 1.165) is 0 Å². The first-order chi connectivity index (χ1) is 29.1. The minimum absolute atomic E-state index is 0.0777. The number of anilines is 6. The Morgan fingerprint density at radius 2 is 0.627 bits per heavy atom. The maximum absolute atomic E-state index is 2.53. The van der Waals surface area contributed by atoms with Gasteiger partial charge in [-0.05, 0) is 143 Å². The number of fused-ring (bicyclic) bond motifs is 16. The highest BCUT2D eigenvalue weighted by molar-refractivity contribution is 7.00. The van der Waals surface area contributed by atoms with Crippen molar-refractivity contribution in [1.82, 2.24) is 0 Å². The molecule has 11 aromatic rings. The molecule has 0 unspecified atom stereocenters. The fraction of sp³-hybridized carbons (Fsp3) is 0.0357. The van der Waals surface area contributed by atoms with Crippen LogP contribution < -0.4 is 26.2 Å². The van der Waals surface area contributed by atoms with Gasteiger partial charge in [-0.15, -0.1) is 0 Å². The lowest BCUT2D eigenvalue weighted by Gasteiger charge is -2.44. The highest BCUT2D eigenvalue weighted by Gasteiger charge is 2.43. The van der Waals surface area contributed by atoms with Crippen LogP contribution in [0.25, 0.3) is 64.6 Å². The first-order valence-corrected chi connectivity index (χ1v) is 20.7. The standard InChI is InChI=1S/C56H37BN2/c1-34-22-28-52-50(30-34)57-51-31-35(2)23-29-53(51)59(37-25-27-47-43-17-6-4-13-39(43)41-15-8-10-19-45(41)49(47)33-37)55-21-11-20-54(56(55)57)58(52)36-24-26-46-42-16-5-3-12-38(42)40-14-7-9-18-44(40)48(46)32-36/h3-33H,1-2H3. The zero-order chi connectivity index (χ0) is 38.9. The topological polar surface area (TPSA) is 6.48 Å². The second-order valence-corrected chi connectivity index (χ2v) is 16.6. The van der Waals surface area contributed by atoms with Gasteiger partial charge < -0.3 is 9.80 Å². The smallest absolute Gasteiger partial charge is 0.252 e. The molecule has 0 N–H and O–H groups in total. The van der Waals surface area contributed by atoms with E-state index < -0.39 is 0 Å². The Morgan fingerprint density at radius 1 is 0.288 bits per heavy atom. The van der Waals surface area contributed by atoms with Crippen molar-refractivity contribution in [2.75, 3.05) is 9.80 Å². The monoisotopic (exact) mass is 748 g/mol. The van der Waals surface area contributed by atoms with Crippen molar-refractivity contribution >= 4 is 122 Å². The van der Waals surface area contributed by atoms with Gasteiger partial charge in [0.1, 0.15) is 0 Å². The summed E-state index contributed by atoms with van der Waals surface area (Å²) in [5, 5.41) is 15.4. The summed E-state index contributed by atoms with van der Waals surface area (Å²) in [4.78, 5) is 5.07. The number of aryl methyl sites for hydroxylation is 2. The predicted octanol–water partition coefficient (Wildman–Crippen LogP) is 13.3. The van der Waals surface area contributed by atoms with Crippen molar-refractivity contribution in [2.45, 2.75) is 13.8 Å². The Morgan fingerprint density at radius 3 is 1.00 bits per heavy atom. The molecule has 0 saturated carbocycles. The van der Waals surface area contributed by atoms with Crippen LogP contribution in [0.5, 0.6) is 0 Å². The molecule has 2 nitrogen and oxygen atoms in total. The predicted molar refractivity (Wildman–Crippen MR) is 255 cm³/mol. The summed E-state index contributed by atoms with van der Waals surface area (Å²) >= 11 is 0. The molecule has 0 atom stereocenters. The molecule has 13 rings (SSSR count). The molecular formula is C56H37BN2. The van der Waals surface area contributed by atoms with Gasteiger partial charge in [0.05, 0.1) is 0 Å². The number of benzene rings is 11. The van der Waals surface area contributed by atoms with E-state index in [0.29, 0.717) is 0 Å². The summed E-state index contributed by atoms with van der Waals surface area (Å²) in [5.41, 5.74) is 13.8. The summed E-state index contributed by atoms with van der Waals surface area (Å²) in [7, 11) is 0. The van der Waals surface area contributed by atoms with E-state index in [4.69, 9.17) is 0 Å². The van der Waals surface area contributed by atoms with Crippen LogP contribution in [-0.2, 0) is 0 Å². The van der Waals surface area contributed by atoms with Crippen molar-refractivity contribution in [3.63, 3.8) is 0 Å². The molecular weight excluding hydrogens is 711 g/mol. The Hall–Kier alpha value is -7.36. The van der Waals surface area contributed by atoms with Crippen molar-refractivity contribution in [1.29, 1.82) is 0 Å². The van der Waals surface area contributed by atoms with Crippen LogP contribution in [0, 0.1) is 13.8 Å². The maximum Gasteiger partial charge on any atom is 0.252 e. The lowest BCUT2D eigenvalue weighted by Crippen LogP contribution is -2.61. The second kappa shape index (κ2) is 12.1. The molecule has 0 saturated heterocycles. The summed E-state index contributed by atoms with van der Waals surface area (Å²) in [6.07, 6.45) is 0. The van der Waals surface area contributed by atoms with Crippen molar-refractivity contribution in [3.8, 4) is 0 Å². The van der Waals surface area contributed by atoms with Gasteiger partial charge in [-0.25, -0.2) is 0 Å². The fourth-order valence-corrected chi connectivity index (χ4v) is 10.8. The van der Waals surface area contributed by atoms with E-state index in [1.807, 2.05) is 0 Å². The SMILES string of the molecule is Cc1ccc2c(c1)B1c3cc(C)ccc3N(c3ccc4c5ccccc5c5ccccc5c4c3)c3cccc(c31)N2c1ccc2c3ccccc3c3ccccc3c2c1. The zero-order valence-corrected chi connectivity index (χ0v) is 32.9. The van der Waals surface area contributed by atoms with Gasteiger partial charge in [-0.2, -0.15) is 0 Å². The molecule has 2 aliphatic heterocycles.